The molecular formula is C13H19BrN2O. The Labute approximate surface area is 111 Å². The van der Waals surface area contributed by atoms with Gasteiger partial charge in [0.05, 0.1) is 12.7 Å². The lowest BCUT2D eigenvalue weighted by Gasteiger charge is -2.39. The smallest absolute Gasteiger partial charge is 0.0723 e. The zero-order valence-corrected chi connectivity index (χ0v) is 11.9. The Balaban J connectivity index is 2.31. The van der Waals surface area contributed by atoms with Crippen molar-refractivity contribution >= 4 is 21.6 Å². The maximum Gasteiger partial charge on any atom is 0.0723 e. The van der Waals surface area contributed by atoms with Crippen molar-refractivity contribution in [1.29, 1.82) is 0 Å². The fourth-order valence-electron chi connectivity index (χ4n) is 2.24. The Morgan fingerprint density at radius 2 is 2.24 bits per heavy atom. The van der Waals surface area contributed by atoms with E-state index in [2.05, 4.69) is 52.9 Å². The molecule has 0 bridgehead atoms. The molecule has 0 radical (unpaired) electrons. The quantitative estimate of drug-likeness (QED) is 0.912. The molecule has 1 heterocycles. The summed E-state index contributed by atoms with van der Waals surface area (Å²) in [7, 11) is 0. The van der Waals surface area contributed by atoms with Crippen LogP contribution in [0, 0.1) is 0 Å². The molecule has 2 atom stereocenters. The Morgan fingerprint density at radius 1 is 1.47 bits per heavy atom. The topological polar surface area (TPSA) is 38.5 Å². The van der Waals surface area contributed by atoms with Gasteiger partial charge in [0.15, 0.2) is 0 Å². The average molecular weight is 299 g/mol. The SMILES string of the molecule is CC1CN(c2ccc(Br)cc2CN)C(C)CO1. The molecule has 1 saturated heterocycles. The molecule has 17 heavy (non-hydrogen) atoms. The monoisotopic (exact) mass is 298 g/mol. The van der Waals surface area contributed by atoms with Crippen molar-refractivity contribution in [3.05, 3.63) is 28.2 Å². The fraction of sp³-hybridized carbons (Fsp3) is 0.538. The molecule has 2 N–H and O–H groups in total. The lowest BCUT2D eigenvalue weighted by Crippen LogP contribution is -2.47. The Hall–Kier alpha value is -0.580. The van der Waals surface area contributed by atoms with Crippen LogP contribution in [0.2, 0.25) is 0 Å². The second-order valence-electron chi connectivity index (χ2n) is 4.62. The van der Waals surface area contributed by atoms with Crippen LogP contribution < -0.4 is 10.6 Å². The molecule has 1 aliphatic rings. The van der Waals surface area contributed by atoms with Crippen LogP contribution in [0.3, 0.4) is 0 Å². The van der Waals surface area contributed by atoms with Crippen molar-refractivity contribution in [2.24, 2.45) is 5.73 Å². The molecule has 1 fully saturated rings. The zero-order valence-electron chi connectivity index (χ0n) is 10.3. The first kappa shape index (κ1) is 12.9. The Kier molecular flexibility index (Phi) is 4.07. The summed E-state index contributed by atoms with van der Waals surface area (Å²) < 4.78 is 6.74. The van der Waals surface area contributed by atoms with Crippen LogP contribution in [-0.4, -0.2) is 25.3 Å². The van der Waals surface area contributed by atoms with E-state index >= 15 is 0 Å². The van der Waals surface area contributed by atoms with Gasteiger partial charge in [-0.15, -0.1) is 0 Å². The van der Waals surface area contributed by atoms with Crippen molar-refractivity contribution in [2.45, 2.75) is 32.5 Å². The molecule has 0 spiro atoms. The van der Waals surface area contributed by atoms with E-state index in [1.165, 1.54) is 11.3 Å². The minimum Gasteiger partial charge on any atom is -0.375 e. The van der Waals surface area contributed by atoms with Gasteiger partial charge < -0.3 is 15.4 Å². The molecule has 2 rings (SSSR count). The standard InChI is InChI=1S/C13H19BrN2O/c1-9-8-17-10(2)7-16(9)13-4-3-12(14)5-11(13)6-15/h3-5,9-10H,6-8,15H2,1-2H3. The third-order valence-electron chi connectivity index (χ3n) is 3.18. The summed E-state index contributed by atoms with van der Waals surface area (Å²) in [6, 6.07) is 6.71. The molecule has 2 unspecified atom stereocenters. The molecule has 3 nitrogen and oxygen atoms in total. The first-order valence-corrected chi connectivity index (χ1v) is 6.78. The van der Waals surface area contributed by atoms with Crippen molar-refractivity contribution in [2.75, 3.05) is 18.1 Å². The number of hydrogen-bond donors (Lipinski definition) is 1. The molecule has 4 heteroatoms. The van der Waals surface area contributed by atoms with Crippen LogP contribution in [0.4, 0.5) is 5.69 Å². The first-order chi connectivity index (χ1) is 8.11. The van der Waals surface area contributed by atoms with Gasteiger partial charge in [0.25, 0.3) is 0 Å². The summed E-state index contributed by atoms with van der Waals surface area (Å²) in [6.45, 7) is 6.57. The maximum absolute atomic E-state index is 5.83. The summed E-state index contributed by atoms with van der Waals surface area (Å²) in [6.07, 6.45) is 0.278. The summed E-state index contributed by atoms with van der Waals surface area (Å²) in [5.74, 6) is 0. The third-order valence-corrected chi connectivity index (χ3v) is 3.67. The number of anilines is 1. The fourth-order valence-corrected chi connectivity index (χ4v) is 2.65. The van der Waals surface area contributed by atoms with Crippen molar-refractivity contribution in [3.8, 4) is 0 Å². The summed E-state index contributed by atoms with van der Waals surface area (Å²) in [4.78, 5) is 2.39. The van der Waals surface area contributed by atoms with Crippen molar-refractivity contribution < 1.29 is 4.74 Å². The number of rotatable bonds is 2. The van der Waals surface area contributed by atoms with Gasteiger partial charge in [-0.05, 0) is 37.6 Å². The highest BCUT2D eigenvalue weighted by Gasteiger charge is 2.24. The van der Waals surface area contributed by atoms with E-state index in [1.807, 2.05) is 0 Å². The number of benzene rings is 1. The van der Waals surface area contributed by atoms with Crippen LogP contribution in [0.1, 0.15) is 19.4 Å². The summed E-state index contributed by atoms with van der Waals surface area (Å²) >= 11 is 3.49. The number of nitrogens with two attached hydrogens (primary N) is 1. The van der Waals surface area contributed by atoms with Crippen LogP contribution in [0.25, 0.3) is 0 Å². The Bertz CT molecular complexity index is 397. The van der Waals surface area contributed by atoms with Gasteiger partial charge in [0.2, 0.25) is 0 Å². The van der Waals surface area contributed by atoms with E-state index in [4.69, 9.17) is 10.5 Å². The molecule has 0 aromatic heterocycles. The highest BCUT2D eigenvalue weighted by molar-refractivity contribution is 9.10. The van der Waals surface area contributed by atoms with E-state index in [0.717, 1.165) is 17.6 Å². The predicted octanol–water partition coefficient (Wildman–Crippen LogP) is 2.52. The van der Waals surface area contributed by atoms with Gasteiger partial charge in [0, 0.05) is 29.3 Å². The van der Waals surface area contributed by atoms with Crippen LogP contribution >= 0.6 is 15.9 Å². The van der Waals surface area contributed by atoms with E-state index in [9.17, 15) is 0 Å². The molecule has 1 aromatic carbocycles. The lowest BCUT2D eigenvalue weighted by molar-refractivity contribution is 0.0343. The van der Waals surface area contributed by atoms with E-state index in [0.29, 0.717) is 12.6 Å². The average Bonchev–Trinajstić information content (AvgIpc) is 2.32. The van der Waals surface area contributed by atoms with E-state index in [1.54, 1.807) is 0 Å². The van der Waals surface area contributed by atoms with Crippen LogP contribution in [0.15, 0.2) is 22.7 Å². The summed E-state index contributed by atoms with van der Waals surface area (Å²) in [5, 5.41) is 0. The largest absolute Gasteiger partial charge is 0.375 e. The molecular weight excluding hydrogens is 280 g/mol. The molecule has 0 amide bonds. The number of hydrogen-bond acceptors (Lipinski definition) is 3. The summed E-state index contributed by atoms with van der Waals surface area (Å²) in [5.41, 5.74) is 8.24. The first-order valence-electron chi connectivity index (χ1n) is 5.98. The van der Waals surface area contributed by atoms with Gasteiger partial charge >= 0.3 is 0 Å². The predicted molar refractivity (Wildman–Crippen MR) is 74.3 cm³/mol. The van der Waals surface area contributed by atoms with Gasteiger partial charge in [-0.2, -0.15) is 0 Å². The number of nitrogens with zero attached hydrogens (tertiary/aromatic N) is 1. The highest BCUT2D eigenvalue weighted by Crippen LogP contribution is 2.28. The van der Waals surface area contributed by atoms with Crippen molar-refractivity contribution in [1.82, 2.24) is 0 Å². The number of ether oxygens (including phenoxy) is 1. The second-order valence-corrected chi connectivity index (χ2v) is 5.54. The lowest BCUT2D eigenvalue weighted by atomic mass is 10.1. The van der Waals surface area contributed by atoms with Crippen LogP contribution in [0.5, 0.6) is 0 Å². The maximum atomic E-state index is 5.83. The van der Waals surface area contributed by atoms with E-state index in [-0.39, 0.29) is 6.10 Å². The minimum atomic E-state index is 0.278. The van der Waals surface area contributed by atoms with Gasteiger partial charge in [-0.1, -0.05) is 15.9 Å². The van der Waals surface area contributed by atoms with Crippen molar-refractivity contribution in [3.63, 3.8) is 0 Å². The second kappa shape index (κ2) is 5.38. The highest BCUT2D eigenvalue weighted by atomic mass is 79.9. The van der Waals surface area contributed by atoms with Gasteiger partial charge in [0.1, 0.15) is 0 Å². The minimum absolute atomic E-state index is 0.278. The van der Waals surface area contributed by atoms with Gasteiger partial charge in [-0.25, -0.2) is 0 Å². The molecule has 0 saturated carbocycles. The number of halogens is 1. The normalized spacial score (nSPS) is 25.1. The zero-order chi connectivity index (χ0) is 12.4. The Morgan fingerprint density at radius 3 is 2.94 bits per heavy atom. The van der Waals surface area contributed by atoms with Gasteiger partial charge in [-0.3, -0.25) is 0 Å². The molecule has 1 aliphatic heterocycles. The molecule has 94 valence electrons. The van der Waals surface area contributed by atoms with E-state index < -0.39 is 0 Å². The third kappa shape index (κ3) is 2.81. The van der Waals surface area contributed by atoms with Crippen LogP contribution in [-0.2, 0) is 11.3 Å². The molecule has 1 aromatic rings. The molecule has 0 aliphatic carbocycles. The number of morpholine rings is 1.